The Bertz CT molecular complexity index is 421. The summed E-state index contributed by atoms with van der Waals surface area (Å²) in [6, 6.07) is 4.74. The summed E-state index contributed by atoms with van der Waals surface area (Å²) in [5, 5.41) is 5.93. The fourth-order valence-electron chi connectivity index (χ4n) is 1.47. The van der Waals surface area contributed by atoms with Gasteiger partial charge in [-0.25, -0.2) is 4.39 Å². The first kappa shape index (κ1) is 12.3. The Kier molecular flexibility index (Phi) is 3.97. The minimum Gasteiger partial charge on any atom is -0.326 e. The molecule has 3 nitrogen and oxygen atoms in total. The van der Waals surface area contributed by atoms with Crippen molar-refractivity contribution >= 4 is 23.2 Å². The maximum atomic E-state index is 12.9. The molecule has 0 unspecified atom stereocenters. The van der Waals surface area contributed by atoms with Crippen molar-refractivity contribution in [2.24, 2.45) is 0 Å². The molecule has 5 heteroatoms. The summed E-state index contributed by atoms with van der Waals surface area (Å²) in [6.07, 6.45) is 2.82. The van der Waals surface area contributed by atoms with E-state index in [0.29, 0.717) is 24.7 Å². The standard InChI is InChI=1S/C12H14ClFN2O/c13-10-7-9(3-4-11(10)14)16-12(17)5-6-15-8-1-2-8/h3-4,7-8,15H,1-2,5-6H2,(H,16,17). The highest BCUT2D eigenvalue weighted by Crippen LogP contribution is 2.20. The molecule has 1 aliphatic rings. The van der Waals surface area contributed by atoms with Crippen LogP contribution in [0, 0.1) is 5.82 Å². The normalized spacial score (nSPS) is 14.7. The van der Waals surface area contributed by atoms with Crippen LogP contribution in [-0.2, 0) is 4.79 Å². The Balaban J connectivity index is 1.77. The van der Waals surface area contributed by atoms with Crippen molar-refractivity contribution in [1.82, 2.24) is 5.32 Å². The van der Waals surface area contributed by atoms with Crippen molar-refractivity contribution in [3.05, 3.63) is 29.0 Å². The van der Waals surface area contributed by atoms with E-state index in [2.05, 4.69) is 10.6 Å². The van der Waals surface area contributed by atoms with Gasteiger partial charge < -0.3 is 10.6 Å². The molecule has 0 radical (unpaired) electrons. The second-order valence-electron chi connectivity index (χ2n) is 4.16. The largest absolute Gasteiger partial charge is 0.326 e. The Morgan fingerprint density at radius 1 is 1.47 bits per heavy atom. The molecule has 0 saturated heterocycles. The zero-order chi connectivity index (χ0) is 12.3. The predicted molar refractivity (Wildman–Crippen MR) is 65.7 cm³/mol. The van der Waals surface area contributed by atoms with Crippen LogP contribution in [0.25, 0.3) is 0 Å². The summed E-state index contributed by atoms with van der Waals surface area (Å²) in [7, 11) is 0. The molecule has 1 saturated carbocycles. The van der Waals surface area contributed by atoms with Crippen LogP contribution in [0.4, 0.5) is 10.1 Å². The third-order valence-electron chi connectivity index (χ3n) is 2.57. The molecule has 1 aliphatic carbocycles. The second kappa shape index (κ2) is 5.47. The summed E-state index contributed by atoms with van der Waals surface area (Å²) >= 11 is 5.61. The van der Waals surface area contributed by atoms with Gasteiger partial charge in [-0.2, -0.15) is 0 Å². The maximum Gasteiger partial charge on any atom is 0.225 e. The number of benzene rings is 1. The van der Waals surface area contributed by atoms with E-state index in [-0.39, 0.29) is 10.9 Å². The van der Waals surface area contributed by atoms with Crippen LogP contribution in [0.15, 0.2) is 18.2 Å². The topological polar surface area (TPSA) is 41.1 Å². The molecule has 0 heterocycles. The van der Waals surface area contributed by atoms with Crippen LogP contribution in [0.1, 0.15) is 19.3 Å². The number of nitrogens with one attached hydrogen (secondary N) is 2. The molecule has 92 valence electrons. The lowest BCUT2D eigenvalue weighted by Crippen LogP contribution is -2.23. The number of amides is 1. The Hall–Kier alpha value is -1.13. The van der Waals surface area contributed by atoms with Crippen molar-refractivity contribution < 1.29 is 9.18 Å². The van der Waals surface area contributed by atoms with Crippen molar-refractivity contribution in [1.29, 1.82) is 0 Å². The number of halogens is 2. The van der Waals surface area contributed by atoms with Gasteiger partial charge >= 0.3 is 0 Å². The number of hydrogen-bond acceptors (Lipinski definition) is 2. The summed E-state index contributed by atoms with van der Waals surface area (Å²) in [5.41, 5.74) is 0.521. The summed E-state index contributed by atoms with van der Waals surface area (Å²) < 4.78 is 12.9. The number of carbonyl (C=O) groups is 1. The van der Waals surface area contributed by atoms with Gasteiger partial charge in [-0.3, -0.25) is 4.79 Å². The van der Waals surface area contributed by atoms with E-state index in [1.54, 1.807) is 0 Å². The second-order valence-corrected chi connectivity index (χ2v) is 4.56. The van der Waals surface area contributed by atoms with E-state index in [1.165, 1.54) is 31.0 Å². The first-order valence-electron chi connectivity index (χ1n) is 5.63. The van der Waals surface area contributed by atoms with Crippen molar-refractivity contribution in [2.75, 3.05) is 11.9 Å². The van der Waals surface area contributed by atoms with Crippen LogP contribution in [0.5, 0.6) is 0 Å². The van der Waals surface area contributed by atoms with Crippen molar-refractivity contribution in [2.45, 2.75) is 25.3 Å². The van der Waals surface area contributed by atoms with Gasteiger partial charge in [0.25, 0.3) is 0 Å². The molecule has 2 rings (SSSR count). The smallest absolute Gasteiger partial charge is 0.225 e. The molecule has 0 atom stereocenters. The highest BCUT2D eigenvalue weighted by atomic mass is 35.5. The highest BCUT2D eigenvalue weighted by molar-refractivity contribution is 6.31. The van der Waals surface area contributed by atoms with E-state index in [1.807, 2.05) is 0 Å². The molecule has 0 spiro atoms. The molecule has 0 aromatic heterocycles. The molecule has 1 aromatic carbocycles. The molecule has 0 aliphatic heterocycles. The van der Waals surface area contributed by atoms with Crippen LogP contribution in [-0.4, -0.2) is 18.5 Å². The van der Waals surface area contributed by atoms with E-state index in [4.69, 9.17) is 11.6 Å². The summed E-state index contributed by atoms with van der Waals surface area (Å²) in [6.45, 7) is 0.672. The molecular formula is C12H14ClFN2O. The Morgan fingerprint density at radius 3 is 2.88 bits per heavy atom. The number of hydrogen-bond donors (Lipinski definition) is 2. The van der Waals surface area contributed by atoms with E-state index in [9.17, 15) is 9.18 Å². The number of carbonyl (C=O) groups excluding carboxylic acids is 1. The fourth-order valence-corrected chi connectivity index (χ4v) is 1.66. The van der Waals surface area contributed by atoms with Gasteiger partial charge in [0.1, 0.15) is 5.82 Å². The van der Waals surface area contributed by atoms with Gasteiger partial charge in [0.05, 0.1) is 5.02 Å². The molecule has 0 bridgehead atoms. The monoisotopic (exact) mass is 256 g/mol. The predicted octanol–water partition coefficient (Wildman–Crippen LogP) is 2.56. The van der Waals surface area contributed by atoms with Gasteiger partial charge in [0.15, 0.2) is 0 Å². The highest BCUT2D eigenvalue weighted by Gasteiger charge is 2.20. The number of anilines is 1. The van der Waals surface area contributed by atoms with E-state index in [0.717, 1.165) is 0 Å². The third-order valence-corrected chi connectivity index (χ3v) is 2.86. The average molecular weight is 257 g/mol. The minimum absolute atomic E-state index is 0.0129. The molecule has 1 fully saturated rings. The van der Waals surface area contributed by atoms with E-state index < -0.39 is 5.82 Å². The SMILES string of the molecule is O=C(CCNC1CC1)Nc1ccc(F)c(Cl)c1. The van der Waals surface area contributed by atoms with Crippen LogP contribution < -0.4 is 10.6 Å². The zero-order valence-electron chi connectivity index (χ0n) is 9.30. The molecule has 17 heavy (non-hydrogen) atoms. The minimum atomic E-state index is -0.486. The van der Waals surface area contributed by atoms with E-state index >= 15 is 0 Å². The van der Waals surface area contributed by atoms with Gasteiger partial charge in [-0.15, -0.1) is 0 Å². The Labute approximate surface area is 104 Å². The molecular weight excluding hydrogens is 243 g/mol. The lowest BCUT2D eigenvalue weighted by Gasteiger charge is -2.06. The van der Waals surface area contributed by atoms with Crippen molar-refractivity contribution in [3.63, 3.8) is 0 Å². The number of rotatable bonds is 5. The quantitative estimate of drug-likeness (QED) is 0.850. The van der Waals surface area contributed by atoms with Gasteiger partial charge in [0, 0.05) is 24.7 Å². The summed E-state index contributed by atoms with van der Waals surface area (Å²) in [4.78, 5) is 11.5. The molecule has 1 aromatic rings. The lowest BCUT2D eigenvalue weighted by molar-refractivity contribution is -0.116. The first-order chi connectivity index (χ1) is 8.15. The van der Waals surface area contributed by atoms with Crippen LogP contribution in [0.3, 0.4) is 0 Å². The lowest BCUT2D eigenvalue weighted by atomic mass is 10.3. The fraction of sp³-hybridized carbons (Fsp3) is 0.417. The maximum absolute atomic E-state index is 12.9. The zero-order valence-corrected chi connectivity index (χ0v) is 10.1. The average Bonchev–Trinajstić information content (AvgIpc) is 3.07. The van der Waals surface area contributed by atoms with Gasteiger partial charge in [-0.1, -0.05) is 11.6 Å². The van der Waals surface area contributed by atoms with Crippen LogP contribution >= 0.6 is 11.6 Å². The third kappa shape index (κ3) is 3.98. The van der Waals surface area contributed by atoms with Crippen LogP contribution in [0.2, 0.25) is 5.02 Å². The van der Waals surface area contributed by atoms with Crippen molar-refractivity contribution in [3.8, 4) is 0 Å². The van der Waals surface area contributed by atoms with Gasteiger partial charge in [0.2, 0.25) is 5.91 Å². The summed E-state index contributed by atoms with van der Waals surface area (Å²) in [5.74, 6) is -0.583. The van der Waals surface area contributed by atoms with Gasteiger partial charge in [-0.05, 0) is 31.0 Å². The Morgan fingerprint density at radius 2 is 2.24 bits per heavy atom. The molecule has 2 N–H and O–H groups in total. The first-order valence-corrected chi connectivity index (χ1v) is 6.01. The molecule has 1 amide bonds.